The molecule has 1 aliphatic carbocycles. The number of fused-ring (bicyclic) bond motifs is 1. The summed E-state index contributed by atoms with van der Waals surface area (Å²) in [6, 6.07) is 9.40. The van der Waals surface area contributed by atoms with Crippen molar-refractivity contribution in [2.24, 2.45) is 11.8 Å². The Balaban J connectivity index is 1.62. The first-order valence-corrected chi connectivity index (χ1v) is 7.68. The van der Waals surface area contributed by atoms with Crippen LogP contribution in [-0.2, 0) is 11.2 Å². The molecule has 1 fully saturated rings. The van der Waals surface area contributed by atoms with Gasteiger partial charge in [0.25, 0.3) is 0 Å². The number of hydrogen-bond acceptors (Lipinski definition) is 2. The second-order valence-corrected chi connectivity index (χ2v) is 6.24. The Morgan fingerprint density at radius 3 is 2.84 bits per heavy atom. The van der Waals surface area contributed by atoms with Gasteiger partial charge in [-0.3, -0.25) is 0 Å². The van der Waals surface area contributed by atoms with E-state index in [0.717, 1.165) is 31.4 Å². The lowest BCUT2D eigenvalue weighted by Gasteiger charge is -2.28. The average molecular weight is 259 g/mol. The fourth-order valence-electron chi connectivity index (χ4n) is 3.56. The highest BCUT2D eigenvalue weighted by Gasteiger charge is 2.30. The highest BCUT2D eigenvalue weighted by molar-refractivity contribution is 5.31. The van der Waals surface area contributed by atoms with Crippen LogP contribution >= 0.6 is 0 Å². The Kier molecular flexibility index (Phi) is 3.90. The Morgan fingerprint density at radius 2 is 2.05 bits per heavy atom. The number of nitrogens with one attached hydrogen (secondary N) is 1. The standard InChI is InChI=1S/C17H25NO/c1-12-7-8-16(13(12)2)18-11-17-15-6-4-3-5-14(15)9-10-19-17/h3-6,12-13,16-18H,7-11H2,1-2H3. The van der Waals surface area contributed by atoms with Crippen LogP contribution in [0.1, 0.15) is 43.9 Å². The molecule has 3 rings (SSSR count). The van der Waals surface area contributed by atoms with Crippen LogP contribution in [-0.4, -0.2) is 19.2 Å². The van der Waals surface area contributed by atoms with Crippen LogP contribution < -0.4 is 5.32 Å². The van der Waals surface area contributed by atoms with Crippen molar-refractivity contribution in [2.75, 3.05) is 13.2 Å². The molecule has 0 aromatic heterocycles. The normalized spacial score (nSPS) is 34.2. The van der Waals surface area contributed by atoms with Crippen molar-refractivity contribution in [3.63, 3.8) is 0 Å². The van der Waals surface area contributed by atoms with E-state index < -0.39 is 0 Å². The summed E-state index contributed by atoms with van der Waals surface area (Å²) in [4.78, 5) is 0. The van der Waals surface area contributed by atoms with Crippen molar-refractivity contribution in [1.82, 2.24) is 5.32 Å². The molecule has 4 unspecified atom stereocenters. The zero-order valence-electron chi connectivity index (χ0n) is 12.1. The summed E-state index contributed by atoms with van der Waals surface area (Å²) in [5.41, 5.74) is 2.85. The Bertz CT molecular complexity index is 431. The second kappa shape index (κ2) is 5.64. The van der Waals surface area contributed by atoms with Crippen LogP contribution in [0.5, 0.6) is 0 Å². The first kappa shape index (κ1) is 13.1. The van der Waals surface area contributed by atoms with Crippen LogP contribution in [0.25, 0.3) is 0 Å². The van der Waals surface area contributed by atoms with Crippen LogP contribution in [0.3, 0.4) is 0 Å². The zero-order valence-corrected chi connectivity index (χ0v) is 12.1. The smallest absolute Gasteiger partial charge is 0.0952 e. The lowest BCUT2D eigenvalue weighted by atomic mass is 9.96. The van der Waals surface area contributed by atoms with Crippen molar-refractivity contribution in [2.45, 2.75) is 45.3 Å². The molecule has 1 aromatic carbocycles. The summed E-state index contributed by atoms with van der Waals surface area (Å²) in [5, 5.41) is 3.75. The molecule has 1 heterocycles. The minimum absolute atomic E-state index is 0.244. The fourth-order valence-corrected chi connectivity index (χ4v) is 3.56. The van der Waals surface area contributed by atoms with Gasteiger partial charge in [0.1, 0.15) is 0 Å². The Hall–Kier alpha value is -0.860. The van der Waals surface area contributed by atoms with Crippen molar-refractivity contribution in [3.05, 3.63) is 35.4 Å². The van der Waals surface area contributed by atoms with E-state index in [4.69, 9.17) is 4.74 Å². The summed E-state index contributed by atoms with van der Waals surface area (Å²) < 4.78 is 5.96. The molecule has 0 saturated heterocycles. The number of ether oxygens (including phenoxy) is 1. The van der Waals surface area contributed by atoms with Crippen molar-refractivity contribution in [3.8, 4) is 0 Å². The zero-order chi connectivity index (χ0) is 13.2. The van der Waals surface area contributed by atoms with Gasteiger partial charge in [-0.1, -0.05) is 38.1 Å². The molecule has 0 spiro atoms. The van der Waals surface area contributed by atoms with Gasteiger partial charge in [0.05, 0.1) is 12.7 Å². The first-order chi connectivity index (χ1) is 9.25. The average Bonchev–Trinajstić information content (AvgIpc) is 2.76. The van der Waals surface area contributed by atoms with E-state index >= 15 is 0 Å². The fraction of sp³-hybridized carbons (Fsp3) is 0.647. The second-order valence-electron chi connectivity index (χ2n) is 6.24. The summed E-state index contributed by atoms with van der Waals surface area (Å²) >= 11 is 0. The van der Waals surface area contributed by atoms with Gasteiger partial charge in [0, 0.05) is 12.6 Å². The predicted molar refractivity (Wildman–Crippen MR) is 78.2 cm³/mol. The van der Waals surface area contributed by atoms with E-state index in [2.05, 4.69) is 43.4 Å². The van der Waals surface area contributed by atoms with Gasteiger partial charge in [-0.25, -0.2) is 0 Å². The van der Waals surface area contributed by atoms with E-state index in [1.54, 1.807) is 0 Å². The quantitative estimate of drug-likeness (QED) is 0.899. The van der Waals surface area contributed by atoms with Crippen LogP contribution in [0.4, 0.5) is 0 Å². The minimum atomic E-state index is 0.244. The molecule has 2 aliphatic rings. The van der Waals surface area contributed by atoms with Crippen LogP contribution in [0.2, 0.25) is 0 Å². The van der Waals surface area contributed by atoms with E-state index in [1.165, 1.54) is 24.0 Å². The third-order valence-corrected chi connectivity index (χ3v) is 5.12. The SMILES string of the molecule is CC1CCC(NCC2OCCc3ccccc32)C1C. The van der Waals surface area contributed by atoms with Crippen LogP contribution in [0, 0.1) is 11.8 Å². The summed E-state index contributed by atoms with van der Waals surface area (Å²) in [6.07, 6.45) is 3.98. The van der Waals surface area contributed by atoms with Gasteiger partial charge in [0.15, 0.2) is 0 Å². The first-order valence-electron chi connectivity index (χ1n) is 7.68. The minimum Gasteiger partial charge on any atom is -0.372 e. The molecular formula is C17H25NO. The van der Waals surface area contributed by atoms with Crippen molar-refractivity contribution in [1.29, 1.82) is 0 Å². The Labute approximate surface area is 116 Å². The highest BCUT2D eigenvalue weighted by atomic mass is 16.5. The highest BCUT2D eigenvalue weighted by Crippen LogP contribution is 2.32. The number of benzene rings is 1. The summed E-state index contributed by atoms with van der Waals surface area (Å²) in [7, 11) is 0. The molecule has 0 bridgehead atoms. The summed E-state index contributed by atoms with van der Waals surface area (Å²) in [5.74, 6) is 1.65. The molecule has 1 aromatic rings. The maximum atomic E-state index is 5.96. The van der Waals surface area contributed by atoms with Gasteiger partial charge in [-0.2, -0.15) is 0 Å². The molecule has 1 saturated carbocycles. The van der Waals surface area contributed by atoms with Gasteiger partial charge >= 0.3 is 0 Å². The number of rotatable bonds is 3. The molecule has 1 aliphatic heterocycles. The molecule has 4 atom stereocenters. The molecule has 19 heavy (non-hydrogen) atoms. The van der Waals surface area contributed by atoms with Crippen LogP contribution in [0.15, 0.2) is 24.3 Å². The van der Waals surface area contributed by atoms with E-state index in [9.17, 15) is 0 Å². The van der Waals surface area contributed by atoms with Gasteiger partial charge in [-0.05, 0) is 42.2 Å². The third-order valence-electron chi connectivity index (χ3n) is 5.12. The van der Waals surface area contributed by atoms with Crippen molar-refractivity contribution < 1.29 is 4.74 Å². The molecule has 2 nitrogen and oxygen atoms in total. The van der Waals surface area contributed by atoms with Crippen molar-refractivity contribution >= 4 is 0 Å². The van der Waals surface area contributed by atoms with E-state index in [1.807, 2.05) is 0 Å². The maximum Gasteiger partial charge on any atom is 0.0952 e. The molecular weight excluding hydrogens is 234 g/mol. The van der Waals surface area contributed by atoms with Gasteiger partial charge in [-0.15, -0.1) is 0 Å². The lowest BCUT2D eigenvalue weighted by molar-refractivity contribution is 0.0397. The van der Waals surface area contributed by atoms with Gasteiger partial charge in [0.2, 0.25) is 0 Å². The van der Waals surface area contributed by atoms with E-state index in [-0.39, 0.29) is 6.10 Å². The lowest BCUT2D eigenvalue weighted by Crippen LogP contribution is -2.37. The van der Waals surface area contributed by atoms with Gasteiger partial charge < -0.3 is 10.1 Å². The predicted octanol–water partition coefficient (Wildman–Crippen LogP) is 3.32. The molecule has 104 valence electrons. The molecule has 1 N–H and O–H groups in total. The topological polar surface area (TPSA) is 21.3 Å². The maximum absolute atomic E-state index is 5.96. The Morgan fingerprint density at radius 1 is 1.21 bits per heavy atom. The number of hydrogen-bond donors (Lipinski definition) is 1. The largest absolute Gasteiger partial charge is 0.372 e. The molecule has 0 radical (unpaired) electrons. The van der Waals surface area contributed by atoms with E-state index in [0.29, 0.717) is 6.04 Å². The summed E-state index contributed by atoms with van der Waals surface area (Å²) in [6.45, 7) is 6.57. The molecule has 2 heteroatoms. The third kappa shape index (κ3) is 2.70. The molecule has 0 amide bonds. The monoisotopic (exact) mass is 259 g/mol.